The van der Waals surface area contributed by atoms with Crippen LogP contribution in [0.2, 0.25) is 0 Å². The summed E-state index contributed by atoms with van der Waals surface area (Å²) in [6.45, 7) is 7.38. The maximum Gasteiger partial charge on any atom is 0.182 e. The number of ketones is 2. The van der Waals surface area contributed by atoms with Crippen LogP contribution < -0.4 is 0 Å². The summed E-state index contributed by atoms with van der Waals surface area (Å²) in [5.41, 5.74) is -4.00. The monoisotopic (exact) mass is 518 g/mol. The predicted molar refractivity (Wildman–Crippen MR) is 112 cm³/mol. The van der Waals surface area contributed by atoms with Gasteiger partial charge < -0.3 is 14.6 Å². The molecule has 0 radical (unpaired) electrons. The number of hydrogen-bond donors (Lipinski definition) is 1. The van der Waals surface area contributed by atoms with Crippen molar-refractivity contribution in [1.29, 1.82) is 0 Å². The second kappa shape index (κ2) is 7.40. The van der Waals surface area contributed by atoms with Gasteiger partial charge in [0.05, 0.1) is 18.1 Å². The average Bonchev–Trinajstić information content (AvgIpc) is 3.09. The number of aliphatic hydroxyl groups is 1. The van der Waals surface area contributed by atoms with Crippen molar-refractivity contribution >= 4 is 23.2 Å². The first-order valence-corrected chi connectivity index (χ1v) is 12.0. The number of ether oxygens (including phenoxy) is 2. The molecular weight excluding hydrogens is 488 g/mol. The molecule has 0 bridgehead atoms. The molecule has 3 saturated carbocycles. The minimum Gasteiger partial charge on any atom is -0.390 e. The third kappa shape index (κ3) is 2.75. The minimum absolute atomic E-state index is 0. The van der Waals surface area contributed by atoms with Crippen molar-refractivity contribution in [2.45, 2.75) is 95.5 Å². The molecule has 4 fully saturated rings. The zero-order valence-electron chi connectivity index (χ0n) is 19.4. The van der Waals surface area contributed by atoms with Crippen molar-refractivity contribution in [2.24, 2.45) is 22.7 Å². The number of alkyl halides is 2. The molecule has 32 heavy (non-hydrogen) atoms. The van der Waals surface area contributed by atoms with E-state index in [9.17, 15) is 14.7 Å². The molecule has 0 aromatic rings. The summed E-state index contributed by atoms with van der Waals surface area (Å²) in [5.74, 6) is -2.02. The fraction of sp³-hybridized carbons (Fsp3) is 0.833. The molecule has 5 nitrogen and oxygen atoms in total. The molecule has 5 aliphatic rings. The van der Waals surface area contributed by atoms with Gasteiger partial charge in [0.1, 0.15) is 5.67 Å². The zero-order chi connectivity index (χ0) is 22.6. The van der Waals surface area contributed by atoms with Gasteiger partial charge in [-0.1, -0.05) is 19.4 Å². The first kappa shape index (κ1) is 24.9. The molecule has 174 valence electrons. The van der Waals surface area contributed by atoms with E-state index in [-0.39, 0.29) is 49.3 Å². The van der Waals surface area contributed by atoms with E-state index in [0.29, 0.717) is 32.1 Å². The molecule has 0 unspecified atom stereocenters. The Balaban J connectivity index is 0.00000245. The summed E-state index contributed by atoms with van der Waals surface area (Å²) < 4.78 is 29.7. The van der Waals surface area contributed by atoms with Gasteiger partial charge in [-0.2, -0.15) is 0 Å². The number of aliphatic hydroxyl groups excluding tert-OH is 1. The van der Waals surface area contributed by atoms with E-state index in [1.54, 1.807) is 19.9 Å². The fourth-order valence-electron chi connectivity index (χ4n) is 8.27. The van der Waals surface area contributed by atoms with Crippen molar-refractivity contribution in [3.8, 4) is 0 Å². The molecule has 0 spiro atoms. The second-order valence-corrected chi connectivity index (χ2v) is 11.5. The fourth-order valence-corrected chi connectivity index (χ4v) is 8.47. The Morgan fingerprint density at radius 2 is 1.94 bits per heavy atom. The van der Waals surface area contributed by atoms with Gasteiger partial charge in [-0.05, 0) is 57.9 Å². The topological polar surface area (TPSA) is 72.8 Å². The smallest absolute Gasteiger partial charge is 0.182 e. The Hall–Kier alpha value is -0.197. The number of rotatable bonds is 2. The van der Waals surface area contributed by atoms with Gasteiger partial charge >= 0.3 is 0 Å². The molecule has 8 heteroatoms. The van der Waals surface area contributed by atoms with Crippen LogP contribution in [0, 0.1) is 22.7 Å². The van der Waals surface area contributed by atoms with Crippen molar-refractivity contribution in [3.63, 3.8) is 0 Å². The molecule has 0 amide bonds. The molecule has 1 heterocycles. The van der Waals surface area contributed by atoms with E-state index in [0.717, 1.165) is 5.57 Å². The maximum absolute atomic E-state index is 17.2. The quantitative estimate of drug-likeness (QED) is 0.442. The third-order valence-electron chi connectivity index (χ3n) is 9.57. The predicted octanol–water partition coefficient (Wildman–Crippen LogP) is 3.89. The molecule has 4 aliphatic carbocycles. The molecule has 8 atom stereocenters. The van der Waals surface area contributed by atoms with Gasteiger partial charge in [0, 0.05) is 42.6 Å². The summed E-state index contributed by atoms with van der Waals surface area (Å²) in [4.78, 5) is 25.3. The summed E-state index contributed by atoms with van der Waals surface area (Å²) in [6.07, 6.45) is 2.28. The van der Waals surface area contributed by atoms with Gasteiger partial charge in [-0.25, -0.2) is 4.39 Å². The van der Waals surface area contributed by atoms with E-state index in [2.05, 4.69) is 0 Å². The molecular formula is C24H32ClFO5Zn. The van der Waals surface area contributed by atoms with Crippen molar-refractivity contribution < 1.29 is 48.0 Å². The van der Waals surface area contributed by atoms with Gasteiger partial charge in [0.15, 0.2) is 23.0 Å². The van der Waals surface area contributed by atoms with Gasteiger partial charge in [-0.15, -0.1) is 11.6 Å². The average molecular weight is 520 g/mol. The summed E-state index contributed by atoms with van der Waals surface area (Å²) in [6, 6.07) is 0. The number of fused-ring (bicyclic) bond motifs is 7. The molecule has 5 rings (SSSR count). The summed E-state index contributed by atoms with van der Waals surface area (Å²) >= 11 is 6.05. The number of hydrogen-bond acceptors (Lipinski definition) is 5. The van der Waals surface area contributed by atoms with Crippen molar-refractivity contribution in [2.75, 3.05) is 5.88 Å². The maximum atomic E-state index is 17.2. The Kier molecular flexibility index (Phi) is 5.76. The van der Waals surface area contributed by atoms with Gasteiger partial charge in [-0.3, -0.25) is 9.59 Å². The van der Waals surface area contributed by atoms with Crippen LogP contribution in [-0.2, 0) is 38.5 Å². The van der Waals surface area contributed by atoms with Crippen LogP contribution in [0.5, 0.6) is 0 Å². The molecule has 1 N–H and O–H groups in total. The summed E-state index contributed by atoms with van der Waals surface area (Å²) in [5, 5.41) is 11.4. The van der Waals surface area contributed by atoms with Crippen LogP contribution in [-0.4, -0.2) is 51.8 Å². The largest absolute Gasteiger partial charge is 0.390 e. The van der Waals surface area contributed by atoms with E-state index in [1.807, 2.05) is 13.8 Å². The SMILES string of the molecule is CC1(C)O[C@@H]2C[C@H]3[C@@H]4CCC5=CC(=O)CC[C@]5(C)[C@@]4(F)[C@@H](O)C[C@]3(C)[C@]2(C(=O)CCl)O1.[Zn]. The number of carbonyl (C=O) groups excluding carboxylic acids is 2. The van der Waals surface area contributed by atoms with Gasteiger partial charge in [0.25, 0.3) is 0 Å². The van der Waals surface area contributed by atoms with Crippen LogP contribution >= 0.6 is 11.6 Å². The Bertz CT molecular complexity index is 894. The van der Waals surface area contributed by atoms with E-state index < -0.39 is 46.0 Å². The number of allylic oxidation sites excluding steroid dienone is 1. The Labute approximate surface area is 206 Å². The molecule has 0 aromatic carbocycles. The van der Waals surface area contributed by atoms with Crippen LogP contribution in [0.4, 0.5) is 4.39 Å². The Morgan fingerprint density at radius 1 is 1.25 bits per heavy atom. The van der Waals surface area contributed by atoms with E-state index in [4.69, 9.17) is 21.1 Å². The van der Waals surface area contributed by atoms with Crippen LogP contribution in [0.25, 0.3) is 0 Å². The van der Waals surface area contributed by atoms with Crippen LogP contribution in [0.1, 0.15) is 66.2 Å². The van der Waals surface area contributed by atoms with E-state index >= 15 is 4.39 Å². The second-order valence-electron chi connectivity index (χ2n) is 11.3. The van der Waals surface area contributed by atoms with Crippen LogP contribution in [0.15, 0.2) is 11.6 Å². The third-order valence-corrected chi connectivity index (χ3v) is 9.81. The van der Waals surface area contributed by atoms with Crippen molar-refractivity contribution in [1.82, 2.24) is 0 Å². The number of halogens is 2. The normalized spacial score (nSPS) is 51.0. The standard InChI is InChI=1S/C24H32ClFO5.Zn/c1-20(2)30-19-10-16-15-6-5-13-9-14(27)7-8-21(13,3)23(15,26)17(28)11-22(16,4)24(19,31-20)18(29)12-25;/h9,15-17,19,28H,5-8,10-12H2,1-4H3;/t15-,16-,17-,19+,21-,22-,23-,24+;/m0./s1. The first-order valence-electron chi connectivity index (χ1n) is 11.4. The minimum atomic E-state index is -1.86. The van der Waals surface area contributed by atoms with Crippen molar-refractivity contribution in [3.05, 3.63) is 11.6 Å². The first-order chi connectivity index (χ1) is 14.4. The number of carbonyl (C=O) groups is 2. The van der Waals surface area contributed by atoms with Crippen LogP contribution in [0.3, 0.4) is 0 Å². The molecule has 1 aliphatic heterocycles. The van der Waals surface area contributed by atoms with Gasteiger partial charge in [0.2, 0.25) is 0 Å². The Morgan fingerprint density at radius 3 is 2.59 bits per heavy atom. The number of Topliss-reactive ketones (excluding diaryl/α,β-unsaturated/α-hetero) is 1. The molecule has 1 saturated heterocycles. The summed E-state index contributed by atoms with van der Waals surface area (Å²) in [7, 11) is 0. The zero-order valence-corrected chi connectivity index (χ0v) is 23.1. The van der Waals surface area contributed by atoms with E-state index in [1.165, 1.54) is 0 Å². The molecule has 0 aromatic heterocycles.